The number of nitriles is 1. The first-order valence-electron chi connectivity index (χ1n) is 12.8. The van der Waals surface area contributed by atoms with Crippen LogP contribution in [0, 0.1) is 17.2 Å². The lowest BCUT2D eigenvalue weighted by Crippen LogP contribution is -2.33. The van der Waals surface area contributed by atoms with E-state index in [4.69, 9.17) is 4.74 Å². The zero-order valence-electron chi connectivity index (χ0n) is 22.3. The van der Waals surface area contributed by atoms with E-state index < -0.39 is 6.04 Å². The van der Waals surface area contributed by atoms with Crippen molar-refractivity contribution in [1.82, 2.24) is 20.1 Å². The molecule has 1 aromatic carbocycles. The Morgan fingerprint density at radius 2 is 2.00 bits per heavy atom. The van der Waals surface area contributed by atoms with Crippen molar-refractivity contribution in [2.24, 2.45) is 5.92 Å². The molecule has 0 aliphatic heterocycles. The summed E-state index contributed by atoms with van der Waals surface area (Å²) in [7, 11) is 1.58. The van der Waals surface area contributed by atoms with Crippen LogP contribution in [0.25, 0.3) is 0 Å². The van der Waals surface area contributed by atoms with Gasteiger partial charge >= 0.3 is 0 Å². The van der Waals surface area contributed by atoms with Crippen molar-refractivity contribution in [3.63, 3.8) is 0 Å². The second-order valence-corrected chi connectivity index (χ2v) is 11.6. The summed E-state index contributed by atoms with van der Waals surface area (Å²) in [5, 5.41) is 25.6. The predicted molar refractivity (Wildman–Crippen MR) is 153 cm³/mol. The maximum absolute atomic E-state index is 13.0. The molecule has 0 bridgehead atoms. The molecule has 1 aliphatic rings. The molecule has 9 nitrogen and oxygen atoms in total. The molecule has 0 saturated heterocycles. The van der Waals surface area contributed by atoms with E-state index in [0.29, 0.717) is 39.4 Å². The van der Waals surface area contributed by atoms with Crippen molar-refractivity contribution < 1.29 is 14.3 Å². The van der Waals surface area contributed by atoms with E-state index in [1.165, 1.54) is 28.0 Å². The van der Waals surface area contributed by atoms with Gasteiger partial charge in [-0.15, -0.1) is 28.1 Å². The standard InChI is InChI=1S/C28H32N6O3S2/c1-5-14-34-25(24(17(2)3)31-26(36)18-10-12-19(37-4)13-11-18)32-33-28(34)38-16-23(35)30-27-21(15-29)20-8-6-7-9-22(20)39-27/h5,10-13,17,24H,1,6-9,14,16H2,2-4H3,(H,30,35)(H,31,36). The number of methoxy groups -OCH3 is 1. The molecule has 204 valence electrons. The Balaban J connectivity index is 1.47. The topological polar surface area (TPSA) is 122 Å². The summed E-state index contributed by atoms with van der Waals surface area (Å²) in [5.74, 6) is 0.949. The zero-order valence-corrected chi connectivity index (χ0v) is 24.0. The number of hydrogen-bond donors (Lipinski definition) is 2. The minimum Gasteiger partial charge on any atom is -0.497 e. The highest BCUT2D eigenvalue weighted by atomic mass is 32.2. The number of carbonyl (C=O) groups is 2. The molecule has 2 heterocycles. The number of ether oxygens (including phenoxy) is 1. The van der Waals surface area contributed by atoms with Gasteiger partial charge < -0.3 is 19.9 Å². The fourth-order valence-corrected chi connectivity index (χ4v) is 6.51. The fourth-order valence-electron chi connectivity index (χ4n) is 4.50. The van der Waals surface area contributed by atoms with E-state index in [9.17, 15) is 14.9 Å². The van der Waals surface area contributed by atoms with Gasteiger partial charge in [0.1, 0.15) is 16.8 Å². The quantitative estimate of drug-likeness (QED) is 0.244. The van der Waals surface area contributed by atoms with Crippen LogP contribution >= 0.6 is 23.1 Å². The van der Waals surface area contributed by atoms with Gasteiger partial charge in [0.2, 0.25) is 5.91 Å². The van der Waals surface area contributed by atoms with Gasteiger partial charge in [-0.1, -0.05) is 31.7 Å². The lowest BCUT2D eigenvalue weighted by atomic mass is 9.96. The zero-order chi connectivity index (χ0) is 27.9. The number of hydrogen-bond acceptors (Lipinski definition) is 8. The van der Waals surface area contributed by atoms with Gasteiger partial charge in [-0.2, -0.15) is 5.26 Å². The third-order valence-corrected chi connectivity index (χ3v) is 8.68. The van der Waals surface area contributed by atoms with Gasteiger partial charge in [-0.3, -0.25) is 9.59 Å². The summed E-state index contributed by atoms with van der Waals surface area (Å²) in [4.78, 5) is 27.1. The van der Waals surface area contributed by atoms with Crippen molar-refractivity contribution in [3.05, 3.63) is 64.3 Å². The van der Waals surface area contributed by atoms with Gasteiger partial charge in [-0.25, -0.2) is 0 Å². The van der Waals surface area contributed by atoms with Gasteiger partial charge in [0, 0.05) is 17.0 Å². The highest BCUT2D eigenvalue weighted by Gasteiger charge is 2.27. The SMILES string of the molecule is C=CCn1c(SCC(=O)Nc2sc3c(c2C#N)CCCC3)nnc1C(NC(=O)c1ccc(OC)cc1)C(C)C. The Morgan fingerprint density at radius 3 is 2.67 bits per heavy atom. The maximum atomic E-state index is 13.0. The van der Waals surface area contributed by atoms with Gasteiger partial charge in [-0.05, 0) is 61.4 Å². The summed E-state index contributed by atoms with van der Waals surface area (Å²) in [5.41, 5.74) is 2.19. The molecular formula is C28H32N6O3S2. The highest BCUT2D eigenvalue weighted by molar-refractivity contribution is 7.99. The van der Waals surface area contributed by atoms with E-state index in [0.717, 1.165) is 31.2 Å². The fraction of sp³-hybridized carbons (Fsp3) is 0.393. The van der Waals surface area contributed by atoms with Gasteiger partial charge in [0.25, 0.3) is 5.91 Å². The van der Waals surface area contributed by atoms with E-state index in [-0.39, 0.29) is 23.5 Å². The minimum atomic E-state index is -0.411. The van der Waals surface area contributed by atoms with Crippen molar-refractivity contribution in [3.8, 4) is 11.8 Å². The third kappa shape index (κ3) is 6.52. The summed E-state index contributed by atoms with van der Waals surface area (Å²) < 4.78 is 7.05. The van der Waals surface area contributed by atoms with Crippen LogP contribution in [0.5, 0.6) is 5.75 Å². The molecule has 1 unspecified atom stereocenters. The summed E-state index contributed by atoms with van der Waals surface area (Å²) in [6.07, 6.45) is 5.76. The molecule has 11 heteroatoms. The molecule has 4 rings (SSSR count). The molecule has 2 aromatic heterocycles. The largest absolute Gasteiger partial charge is 0.497 e. The van der Waals surface area contributed by atoms with E-state index in [1.54, 1.807) is 37.5 Å². The molecule has 0 spiro atoms. The number of nitrogens with zero attached hydrogens (tertiary/aromatic N) is 4. The Hall–Kier alpha value is -3.62. The molecule has 2 N–H and O–H groups in total. The first-order chi connectivity index (χ1) is 18.9. The molecule has 2 amide bonds. The van der Waals surface area contributed by atoms with Crippen LogP contribution in [0.3, 0.4) is 0 Å². The summed E-state index contributed by atoms with van der Waals surface area (Å²) in [6.45, 7) is 8.28. The number of carbonyl (C=O) groups excluding carboxylic acids is 2. The van der Waals surface area contributed by atoms with Crippen LogP contribution in [-0.2, 0) is 24.2 Å². The number of benzene rings is 1. The number of aromatic nitrogens is 3. The number of rotatable bonds is 11. The van der Waals surface area contributed by atoms with Crippen molar-refractivity contribution in [2.75, 3.05) is 18.2 Å². The number of thioether (sulfide) groups is 1. The molecule has 0 fully saturated rings. The Labute approximate surface area is 236 Å². The van der Waals surface area contributed by atoms with Crippen LogP contribution in [-0.4, -0.2) is 39.4 Å². The van der Waals surface area contributed by atoms with Crippen LogP contribution in [0.2, 0.25) is 0 Å². The van der Waals surface area contributed by atoms with Crippen molar-refractivity contribution in [1.29, 1.82) is 5.26 Å². The number of anilines is 1. The molecular weight excluding hydrogens is 532 g/mol. The number of nitrogens with one attached hydrogen (secondary N) is 2. The second-order valence-electron chi connectivity index (χ2n) is 9.53. The van der Waals surface area contributed by atoms with Crippen molar-refractivity contribution in [2.45, 2.75) is 57.3 Å². The van der Waals surface area contributed by atoms with Crippen LogP contribution in [0.1, 0.15) is 64.9 Å². The highest BCUT2D eigenvalue weighted by Crippen LogP contribution is 2.37. The number of allylic oxidation sites excluding steroid dienone is 1. The predicted octanol–water partition coefficient (Wildman–Crippen LogP) is 5.14. The van der Waals surface area contributed by atoms with E-state index in [2.05, 4.69) is 33.5 Å². The van der Waals surface area contributed by atoms with Crippen LogP contribution < -0.4 is 15.4 Å². The molecule has 0 radical (unpaired) electrons. The monoisotopic (exact) mass is 564 g/mol. The molecule has 3 aromatic rings. The second kappa shape index (κ2) is 13.0. The van der Waals surface area contributed by atoms with Gasteiger partial charge in [0.05, 0.1) is 24.5 Å². The number of aryl methyl sites for hydroxylation is 1. The summed E-state index contributed by atoms with van der Waals surface area (Å²) >= 11 is 2.76. The first-order valence-corrected chi connectivity index (χ1v) is 14.6. The molecule has 0 saturated carbocycles. The summed E-state index contributed by atoms with van der Waals surface area (Å²) in [6, 6.07) is 8.77. The lowest BCUT2D eigenvalue weighted by Gasteiger charge is -2.22. The van der Waals surface area contributed by atoms with E-state index in [1.807, 2.05) is 18.4 Å². The smallest absolute Gasteiger partial charge is 0.251 e. The Bertz CT molecular complexity index is 1390. The lowest BCUT2D eigenvalue weighted by molar-refractivity contribution is -0.113. The third-order valence-electron chi connectivity index (χ3n) is 6.51. The number of amides is 2. The number of thiophene rings is 1. The molecule has 39 heavy (non-hydrogen) atoms. The van der Waals surface area contributed by atoms with Crippen LogP contribution in [0.15, 0.2) is 42.1 Å². The van der Waals surface area contributed by atoms with Crippen molar-refractivity contribution >= 4 is 39.9 Å². The van der Waals surface area contributed by atoms with Crippen LogP contribution in [0.4, 0.5) is 5.00 Å². The Morgan fingerprint density at radius 1 is 1.26 bits per heavy atom. The first kappa shape index (κ1) is 28.4. The van der Waals surface area contributed by atoms with E-state index >= 15 is 0 Å². The van der Waals surface area contributed by atoms with Gasteiger partial charge in [0.15, 0.2) is 11.0 Å². The minimum absolute atomic E-state index is 0.0235. The normalized spacial score (nSPS) is 13.3. The average molecular weight is 565 g/mol. The molecule has 1 aliphatic carbocycles. The maximum Gasteiger partial charge on any atom is 0.251 e. The average Bonchev–Trinajstić information content (AvgIpc) is 3.50. The molecule has 1 atom stereocenters. The number of fused-ring (bicyclic) bond motifs is 1. The Kier molecular flexibility index (Phi) is 9.43.